The van der Waals surface area contributed by atoms with E-state index >= 15 is 0 Å². The van der Waals surface area contributed by atoms with Crippen molar-refractivity contribution in [2.24, 2.45) is 5.92 Å². The average molecular weight is 394 g/mol. The Morgan fingerprint density at radius 3 is 2.38 bits per heavy atom. The van der Waals surface area contributed by atoms with E-state index < -0.39 is 0 Å². The van der Waals surface area contributed by atoms with E-state index in [2.05, 4.69) is 24.4 Å². The Morgan fingerprint density at radius 2 is 1.72 bits per heavy atom. The summed E-state index contributed by atoms with van der Waals surface area (Å²) in [6.45, 7) is 2.27. The molecule has 29 heavy (non-hydrogen) atoms. The summed E-state index contributed by atoms with van der Waals surface area (Å²) >= 11 is 0. The van der Waals surface area contributed by atoms with Gasteiger partial charge in [0, 0.05) is 17.1 Å². The molecule has 1 amide bonds. The molecule has 3 rings (SSSR count). The zero-order valence-electron chi connectivity index (χ0n) is 17.6. The van der Waals surface area contributed by atoms with Crippen LogP contribution in [0, 0.1) is 5.92 Å². The summed E-state index contributed by atoms with van der Waals surface area (Å²) in [5.74, 6) is 1.52. The largest absolute Gasteiger partial charge is 0.399 e. The van der Waals surface area contributed by atoms with Crippen molar-refractivity contribution in [1.82, 2.24) is 0 Å². The predicted octanol–water partition coefficient (Wildman–Crippen LogP) is 5.89. The standard InChI is InChI=1S/C25H35N3O/c1-2-3-4-5-18-6-8-19(9-7-18)20-11-14-23(15-12-20)28-25(29)16-21-10-13-22(26)17-24(21)27/h10-15,17-19H,2-9,16,26-27H2,1H3,(H,28,29). The van der Waals surface area contributed by atoms with Gasteiger partial charge >= 0.3 is 0 Å². The Bertz CT molecular complexity index is 792. The second kappa shape index (κ2) is 10.3. The van der Waals surface area contributed by atoms with E-state index in [0.29, 0.717) is 17.3 Å². The molecule has 0 spiro atoms. The Balaban J connectivity index is 1.48. The van der Waals surface area contributed by atoms with E-state index in [4.69, 9.17) is 11.5 Å². The van der Waals surface area contributed by atoms with Gasteiger partial charge in [-0.1, -0.05) is 50.8 Å². The third-order valence-electron chi connectivity index (χ3n) is 6.25. The molecule has 1 aliphatic rings. The van der Waals surface area contributed by atoms with Gasteiger partial charge in [-0.2, -0.15) is 0 Å². The number of unbranched alkanes of at least 4 members (excludes halogenated alkanes) is 2. The molecule has 0 heterocycles. The summed E-state index contributed by atoms with van der Waals surface area (Å²) in [7, 11) is 0. The van der Waals surface area contributed by atoms with Crippen molar-refractivity contribution in [3.05, 3.63) is 53.6 Å². The van der Waals surface area contributed by atoms with Gasteiger partial charge in [-0.25, -0.2) is 0 Å². The van der Waals surface area contributed by atoms with Crippen molar-refractivity contribution in [2.45, 2.75) is 70.6 Å². The normalized spacial score (nSPS) is 19.1. The molecule has 0 unspecified atom stereocenters. The van der Waals surface area contributed by atoms with Crippen LogP contribution < -0.4 is 16.8 Å². The number of carbonyl (C=O) groups excluding carboxylic acids is 1. The first kappa shape index (κ1) is 21.2. The van der Waals surface area contributed by atoms with Crippen molar-refractivity contribution in [3.8, 4) is 0 Å². The quantitative estimate of drug-likeness (QED) is 0.386. The van der Waals surface area contributed by atoms with Gasteiger partial charge in [0.25, 0.3) is 0 Å². The van der Waals surface area contributed by atoms with Crippen LogP contribution >= 0.6 is 0 Å². The third-order valence-corrected chi connectivity index (χ3v) is 6.25. The lowest BCUT2D eigenvalue weighted by Crippen LogP contribution is -2.16. The molecule has 5 N–H and O–H groups in total. The lowest BCUT2D eigenvalue weighted by Gasteiger charge is -2.29. The molecule has 156 valence electrons. The Morgan fingerprint density at radius 1 is 1.00 bits per heavy atom. The molecule has 0 aromatic heterocycles. The summed E-state index contributed by atoms with van der Waals surface area (Å²) in [4.78, 5) is 12.4. The molecular formula is C25H35N3O. The monoisotopic (exact) mass is 393 g/mol. The summed E-state index contributed by atoms with van der Waals surface area (Å²) in [6.07, 6.45) is 11.0. The fourth-order valence-electron chi connectivity index (χ4n) is 4.46. The van der Waals surface area contributed by atoms with Crippen LogP contribution in [0.4, 0.5) is 17.1 Å². The number of amides is 1. The van der Waals surface area contributed by atoms with Crippen LogP contribution in [0.5, 0.6) is 0 Å². The number of nitrogens with two attached hydrogens (primary N) is 2. The van der Waals surface area contributed by atoms with Gasteiger partial charge in [-0.3, -0.25) is 4.79 Å². The minimum absolute atomic E-state index is 0.0678. The van der Waals surface area contributed by atoms with E-state index in [1.54, 1.807) is 12.1 Å². The summed E-state index contributed by atoms with van der Waals surface area (Å²) in [5.41, 5.74) is 15.9. The number of rotatable bonds is 8. The minimum atomic E-state index is -0.0678. The first-order valence-corrected chi connectivity index (χ1v) is 11.1. The summed E-state index contributed by atoms with van der Waals surface area (Å²) < 4.78 is 0. The lowest BCUT2D eigenvalue weighted by atomic mass is 9.77. The molecule has 2 aromatic rings. The van der Waals surface area contributed by atoms with E-state index in [9.17, 15) is 4.79 Å². The number of carbonyl (C=O) groups is 1. The highest BCUT2D eigenvalue weighted by atomic mass is 16.1. The lowest BCUT2D eigenvalue weighted by molar-refractivity contribution is -0.115. The second-order valence-electron chi connectivity index (χ2n) is 8.52. The molecule has 1 aliphatic carbocycles. The van der Waals surface area contributed by atoms with Gasteiger partial charge in [-0.15, -0.1) is 0 Å². The predicted molar refractivity (Wildman–Crippen MR) is 123 cm³/mol. The zero-order valence-corrected chi connectivity index (χ0v) is 17.6. The van der Waals surface area contributed by atoms with Crippen LogP contribution in [0.3, 0.4) is 0 Å². The second-order valence-corrected chi connectivity index (χ2v) is 8.52. The Hall–Kier alpha value is -2.49. The number of benzene rings is 2. The molecular weight excluding hydrogens is 358 g/mol. The van der Waals surface area contributed by atoms with Crippen molar-refractivity contribution < 1.29 is 4.79 Å². The average Bonchev–Trinajstić information content (AvgIpc) is 2.71. The van der Waals surface area contributed by atoms with E-state index in [0.717, 1.165) is 17.2 Å². The highest BCUT2D eigenvalue weighted by Gasteiger charge is 2.22. The maximum Gasteiger partial charge on any atom is 0.228 e. The van der Waals surface area contributed by atoms with Crippen molar-refractivity contribution in [2.75, 3.05) is 16.8 Å². The molecule has 1 saturated carbocycles. The van der Waals surface area contributed by atoms with E-state index in [1.165, 1.54) is 56.9 Å². The number of nitrogens with one attached hydrogen (secondary N) is 1. The van der Waals surface area contributed by atoms with Gasteiger partial charge in [0.15, 0.2) is 0 Å². The van der Waals surface area contributed by atoms with Crippen molar-refractivity contribution in [1.29, 1.82) is 0 Å². The molecule has 4 nitrogen and oxygen atoms in total. The van der Waals surface area contributed by atoms with Gasteiger partial charge < -0.3 is 16.8 Å². The smallest absolute Gasteiger partial charge is 0.228 e. The maximum absolute atomic E-state index is 12.4. The highest BCUT2D eigenvalue weighted by Crippen LogP contribution is 2.38. The number of anilines is 3. The van der Waals surface area contributed by atoms with Crippen LogP contribution in [0.1, 0.15) is 75.3 Å². The van der Waals surface area contributed by atoms with Crippen LogP contribution in [-0.4, -0.2) is 5.91 Å². The summed E-state index contributed by atoms with van der Waals surface area (Å²) in [6, 6.07) is 13.7. The van der Waals surface area contributed by atoms with Gasteiger partial charge in [0.2, 0.25) is 5.91 Å². The van der Waals surface area contributed by atoms with Crippen LogP contribution in [0.25, 0.3) is 0 Å². The molecule has 0 saturated heterocycles. The number of hydrogen-bond acceptors (Lipinski definition) is 3. The molecule has 0 bridgehead atoms. The Labute approximate surface area is 175 Å². The molecule has 0 aliphatic heterocycles. The van der Waals surface area contributed by atoms with Crippen molar-refractivity contribution >= 4 is 23.0 Å². The third kappa shape index (κ3) is 6.25. The molecule has 1 fully saturated rings. The topological polar surface area (TPSA) is 81.1 Å². The number of nitrogen functional groups attached to an aromatic ring is 2. The SMILES string of the molecule is CCCCCC1CCC(c2ccc(NC(=O)Cc3ccc(N)cc3N)cc2)CC1. The summed E-state index contributed by atoms with van der Waals surface area (Å²) in [5, 5.41) is 2.97. The van der Waals surface area contributed by atoms with Gasteiger partial charge in [-0.05, 0) is 72.9 Å². The van der Waals surface area contributed by atoms with E-state index in [-0.39, 0.29) is 12.3 Å². The van der Waals surface area contributed by atoms with Crippen LogP contribution in [0.15, 0.2) is 42.5 Å². The van der Waals surface area contributed by atoms with Gasteiger partial charge in [0.1, 0.15) is 0 Å². The van der Waals surface area contributed by atoms with Crippen LogP contribution in [-0.2, 0) is 11.2 Å². The van der Waals surface area contributed by atoms with Crippen molar-refractivity contribution in [3.63, 3.8) is 0 Å². The number of hydrogen-bond donors (Lipinski definition) is 3. The molecule has 2 aromatic carbocycles. The fraction of sp³-hybridized carbons (Fsp3) is 0.480. The first-order valence-electron chi connectivity index (χ1n) is 11.1. The maximum atomic E-state index is 12.4. The first-order chi connectivity index (χ1) is 14.0. The molecule has 0 atom stereocenters. The van der Waals surface area contributed by atoms with Gasteiger partial charge in [0.05, 0.1) is 6.42 Å². The molecule has 0 radical (unpaired) electrons. The highest BCUT2D eigenvalue weighted by molar-refractivity contribution is 5.93. The van der Waals surface area contributed by atoms with E-state index in [1.807, 2.05) is 18.2 Å². The molecule has 4 heteroatoms. The Kier molecular flexibility index (Phi) is 7.56. The fourth-order valence-corrected chi connectivity index (χ4v) is 4.46. The van der Waals surface area contributed by atoms with Crippen LogP contribution in [0.2, 0.25) is 0 Å². The minimum Gasteiger partial charge on any atom is -0.399 e. The zero-order chi connectivity index (χ0) is 20.6.